The maximum absolute atomic E-state index is 13.4. The molecule has 0 aliphatic rings. The zero-order chi connectivity index (χ0) is 20.9. The molecule has 6 nitrogen and oxygen atoms in total. The van der Waals surface area contributed by atoms with Crippen LogP contribution >= 0.6 is 30.9 Å². The number of carbonyl (C=O) groups is 2. The van der Waals surface area contributed by atoms with Gasteiger partial charge in [0.25, 0.3) is 11.8 Å². The van der Waals surface area contributed by atoms with E-state index in [1.54, 1.807) is 42.5 Å². The highest BCUT2D eigenvalue weighted by Gasteiger charge is 2.32. The van der Waals surface area contributed by atoms with Crippen molar-refractivity contribution in [3.8, 4) is 5.75 Å². The summed E-state index contributed by atoms with van der Waals surface area (Å²) in [4.78, 5) is 25.3. The number of amides is 2. The first-order chi connectivity index (χ1) is 13.9. The number of para-hydroxylation sites is 1. The molecule has 0 heterocycles. The molecule has 2 N–H and O–H groups in total. The van der Waals surface area contributed by atoms with Gasteiger partial charge in [0.05, 0.1) is 21.2 Å². The molecule has 0 fully saturated rings. The molecule has 0 aliphatic carbocycles. The maximum Gasteiger partial charge on any atom is 0.449 e. The van der Waals surface area contributed by atoms with Gasteiger partial charge < -0.3 is 4.52 Å². The molecular weight excluding hydrogens is 434 g/mol. The third kappa shape index (κ3) is 5.39. The van der Waals surface area contributed by atoms with Gasteiger partial charge in [-0.05, 0) is 36.4 Å². The van der Waals surface area contributed by atoms with Gasteiger partial charge in [-0.1, -0.05) is 65.7 Å². The van der Waals surface area contributed by atoms with Crippen molar-refractivity contribution in [2.75, 3.05) is 0 Å². The van der Waals surface area contributed by atoms with Gasteiger partial charge in [0.15, 0.2) is 0 Å². The van der Waals surface area contributed by atoms with Crippen LogP contribution in [-0.4, -0.2) is 11.8 Å². The van der Waals surface area contributed by atoms with E-state index >= 15 is 0 Å². The van der Waals surface area contributed by atoms with Crippen molar-refractivity contribution in [1.29, 1.82) is 0 Å². The highest BCUT2D eigenvalue weighted by molar-refractivity contribution is 7.56. The smallest absolute Gasteiger partial charge is 0.414 e. The molecule has 0 radical (unpaired) electrons. The van der Waals surface area contributed by atoms with E-state index in [2.05, 4.69) is 10.2 Å². The summed E-state index contributed by atoms with van der Waals surface area (Å²) in [6, 6.07) is 20.6. The molecule has 9 heteroatoms. The Labute approximate surface area is 177 Å². The van der Waals surface area contributed by atoms with Crippen LogP contribution in [0.5, 0.6) is 5.75 Å². The molecule has 2 amide bonds. The molecule has 0 saturated heterocycles. The SMILES string of the molecule is O=C(NP(=O)(NC(=O)c1ccccc1Cl)Oc1ccccc1)c1ccccc1Cl. The standard InChI is InChI=1S/C20H15Cl2N2O4P/c21-17-12-6-4-10-15(17)19(25)23-29(27,28-14-8-2-1-3-9-14)24-20(26)16-11-5-7-13-18(16)22/h1-13H,(H2,23,24,25,26,27). The van der Waals surface area contributed by atoms with Crippen LogP contribution in [0.3, 0.4) is 0 Å². The highest BCUT2D eigenvalue weighted by Crippen LogP contribution is 2.40. The van der Waals surface area contributed by atoms with Crippen LogP contribution in [0.4, 0.5) is 0 Å². The van der Waals surface area contributed by atoms with Crippen molar-refractivity contribution < 1.29 is 18.7 Å². The van der Waals surface area contributed by atoms with E-state index in [0.717, 1.165) is 0 Å². The summed E-state index contributed by atoms with van der Waals surface area (Å²) in [6.45, 7) is 0. The predicted octanol–water partition coefficient (Wildman–Crippen LogP) is 5.34. The van der Waals surface area contributed by atoms with Gasteiger partial charge in [-0.3, -0.25) is 19.8 Å². The summed E-state index contributed by atoms with van der Waals surface area (Å²) in [5, 5.41) is 4.83. The Bertz CT molecular complexity index is 1030. The van der Waals surface area contributed by atoms with E-state index in [1.165, 1.54) is 36.4 Å². The molecule has 3 aromatic rings. The van der Waals surface area contributed by atoms with E-state index < -0.39 is 19.5 Å². The molecule has 0 unspecified atom stereocenters. The molecule has 148 valence electrons. The normalized spacial score (nSPS) is 10.8. The summed E-state index contributed by atoms with van der Waals surface area (Å²) < 4.78 is 18.9. The third-order valence-corrected chi connectivity index (χ3v) is 5.83. The van der Waals surface area contributed by atoms with Crippen molar-refractivity contribution >= 4 is 42.7 Å². The van der Waals surface area contributed by atoms with Gasteiger partial charge in [0.1, 0.15) is 5.75 Å². The predicted molar refractivity (Wildman–Crippen MR) is 113 cm³/mol. The summed E-state index contributed by atoms with van der Waals surface area (Å²) in [5.74, 6) is -1.35. The van der Waals surface area contributed by atoms with Gasteiger partial charge in [-0.15, -0.1) is 0 Å². The Kier molecular flexibility index (Phi) is 6.60. The fourth-order valence-electron chi connectivity index (χ4n) is 2.38. The van der Waals surface area contributed by atoms with Crippen molar-refractivity contribution in [2.24, 2.45) is 0 Å². The van der Waals surface area contributed by atoms with Crippen LogP contribution in [0.2, 0.25) is 10.0 Å². The van der Waals surface area contributed by atoms with Gasteiger partial charge in [0, 0.05) is 0 Å². The summed E-state index contributed by atoms with van der Waals surface area (Å²) >= 11 is 12.1. The monoisotopic (exact) mass is 448 g/mol. The maximum atomic E-state index is 13.4. The second-order valence-corrected chi connectivity index (χ2v) is 8.34. The lowest BCUT2D eigenvalue weighted by Gasteiger charge is -2.21. The van der Waals surface area contributed by atoms with Crippen LogP contribution < -0.4 is 14.7 Å². The van der Waals surface area contributed by atoms with Crippen LogP contribution in [0.25, 0.3) is 0 Å². The van der Waals surface area contributed by atoms with Gasteiger partial charge in [-0.2, -0.15) is 0 Å². The average Bonchev–Trinajstić information content (AvgIpc) is 2.69. The number of benzene rings is 3. The fourth-order valence-corrected chi connectivity index (χ4v) is 4.17. The van der Waals surface area contributed by atoms with Crippen LogP contribution in [0, 0.1) is 0 Å². The lowest BCUT2D eigenvalue weighted by molar-refractivity contribution is 0.0968. The van der Waals surface area contributed by atoms with Crippen LogP contribution in [0.1, 0.15) is 20.7 Å². The van der Waals surface area contributed by atoms with Crippen molar-refractivity contribution in [2.45, 2.75) is 0 Å². The van der Waals surface area contributed by atoms with E-state index in [-0.39, 0.29) is 26.9 Å². The first-order valence-electron chi connectivity index (χ1n) is 8.37. The zero-order valence-corrected chi connectivity index (χ0v) is 17.2. The first kappa shape index (κ1) is 20.9. The number of hydrogen-bond donors (Lipinski definition) is 2. The van der Waals surface area contributed by atoms with Crippen molar-refractivity contribution in [3.05, 3.63) is 100 Å². The number of carbonyl (C=O) groups excluding carboxylic acids is 2. The minimum Gasteiger partial charge on any atom is -0.414 e. The largest absolute Gasteiger partial charge is 0.449 e. The lowest BCUT2D eigenvalue weighted by atomic mass is 10.2. The van der Waals surface area contributed by atoms with Crippen LogP contribution in [0.15, 0.2) is 78.9 Å². The molecular formula is C20H15Cl2N2O4P. The Morgan fingerprint density at radius 2 is 1.10 bits per heavy atom. The Morgan fingerprint density at radius 1 is 0.690 bits per heavy atom. The lowest BCUT2D eigenvalue weighted by Crippen LogP contribution is -2.34. The van der Waals surface area contributed by atoms with E-state index in [4.69, 9.17) is 27.7 Å². The Balaban J connectivity index is 1.90. The number of nitrogens with one attached hydrogen (secondary N) is 2. The van der Waals surface area contributed by atoms with Crippen LogP contribution in [-0.2, 0) is 4.57 Å². The van der Waals surface area contributed by atoms with E-state index in [1.807, 2.05) is 0 Å². The molecule has 3 rings (SSSR count). The molecule has 0 spiro atoms. The summed E-state index contributed by atoms with van der Waals surface area (Å²) in [7, 11) is -4.24. The number of halogens is 2. The second kappa shape index (κ2) is 9.14. The number of rotatable bonds is 6. The zero-order valence-electron chi connectivity index (χ0n) is 14.8. The highest BCUT2D eigenvalue weighted by atomic mass is 35.5. The Hall–Kier alpha value is -2.79. The minimum absolute atomic E-state index is 0.0815. The second-order valence-electron chi connectivity index (χ2n) is 5.80. The van der Waals surface area contributed by atoms with Gasteiger partial charge in [0.2, 0.25) is 0 Å². The van der Waals surface area contributed by atoms with Crippen molar-refractivity contribution in [3.63, 3.8) is 0 Å². The molecule has 0 aliphatic heterocycles. The summed E-state index contributed by atoms with van der Waals surface area (Å²) in [5.41, 5.74) is 0.163. The van der Waals surface area contributed by atoms with Gasteiger partial charge >= 0.3 is 7.67 Å². The Morgan fingerprint density at radius 3 is 1.55 bits per heavy atom. The van der Waals surface area contributed by atoms with E-state index in [0.29, 0.717) is 0 Å². The molecule has 0 aromatic heterocycles. The molecule has 0 bridgehead atoms. The fraction of sp³-hybridized carbons (Fsp3) is 0. The average molecular weight is 449 g/mol. The first-order valence-corrected chi connectivity index (χ1v) is 10.7. The van der Waals surface area contributed by atoms with Gasteiger partial charge in [-0.25, -0.2) is 4.57 Å². The minimum atomic E-state index is -4.24. The summed E-state index contributed by atoms with van der Waals surface area (Å²) in [6.07, 6.45) is 0. The third-order valence-electron chi connectivity index (χ3n) is 3.71. The molecule has 0 atom stereocenters. The number of hydrogen-bond acceptors (Lipinski definition) is 4. The molecule has 3 aromatic carbocycles. The quantitative estimate of drug-likeness (QED) is 0.498. The van der Waals surface area contributed by atoms with Crippen molar-refractivity contribution in [1.82, 2.24) is 10.2 Å². The molecule has 0 saturated carbocycles. The topological polar surface area (TPSA) is 84.5 Å². The molecule has 29 heavy (non-hydrogen) atoms. The van der Waals surface area contributed by atoms with E-state index in [9.17, 15) is 14.2 Å².